The summed E-state index contributed by atoms with van der Waals surface area (Å²) in [6, 6.07) is 12.3. The molecule has 5 nitrogen and oxygen atoms in total. The van der Waals surface area contributed by atoms with Gasteiger partial charge in [0.15, 0.2) is 0 Å². The van der Waals surface area contributed by atoms with Crippen LogP contribution in [0.5, 0.6) is 0 Å². The highest BCUT2D eigenvalue weighted by Crippen LogP contribution is 2.33. The number of carbonyl (C=O) groups excluding carboxylic acids is 2. The van der Waals surface area contributed by atoms with Crippen LogP contribution in [-0.2, 0) is 0 Å². The van der Waals surface area contributed by atoms with Gasteiger partial charge in [-0.3, -0.25) is 19.4 Å². The summed E-state index contributed by atoms with van der Waals surface area (Å²) in [4.78, 5) is 30.1. The minimum absolute atomic E-state index is 0.0889. The van der Waals surface area contributed by atoms with Gasteiger partial charge in [0.05, 0.1) is 26.9 Å². The van der Waals surface area contributed by atoms with Gasteiger partial charge in [0.25, 0.3) is 11.8 Å². The van der Waals surface area contributed by atoms with E-state index in [1.807, 2.05) is 12.1 Å². The first-order valence-electron chi connectivity index (χ1n) is 9.96. The molecule has 0 N–H and O–H groups in total. The quantitative estimate of drug-likeness (QED) is 0.621. The highest BCUT2D eigenvalue weighted by Gasteiger charge is 2.35. The zero-order valence-electron chi connectivity index (χ0n) is 16.4. The first-order chi connectivity index (χ1) is 14.5. The Hall–Kier alpha value is -2.15. The first kappa shape index (κ1) is 21.1. The molecular formula is C22H22Cl2FN3O2. The van der Waals surface area contributed by atoms with Crippen LogP contribution in [0.2, 0.25) is 10.0 Å². The van der Waals surface area contributed by atoms with Gasteiger partial charge in [0, 0.05) is 39.3 Å². The summed E-state index contributed by atoms with van der Waals surface area (Å²) >= 11 is 12.4. The molecule has 1 atom stereocenters. The van der Waals surface area contributed by atoms with Crippen LogP contribution in [0.1, 0.15) is 27.1 Å². The fraction of sp³-hybridized carbons (Fsp3) is 0.364. The zero-order chi connectivity index (χ0) is 21.3. The average molecular weight is 450 g/mol. The Kier molecular flexibility index (Phi) is 6.27. The highest BCUT2D eigenvalue weighted by molar-refractivity contribution is 6.43. The summed E-state index contributed by atoms with van der Waals surface area (Å²) in [6.07, 6.45) is -0.984. The van der Waals surface area contributed by atoms with E-state index in [9.17, 15) is 14.0 Å². The number of amides is 2. The lowest BCUT2D eigenvalue weighted by Gasteiger charge is -2.37. The van der Waals surface area contributed by atoms with Gasteiger partial charge in [-0.05, 0) is 30.7 Å². The third-order valence-electron chi connectivity index (χ3n) is 5.64. The molecule has 2 amide bonds. The van der Waals surface area contributed by atoms with Crippen molar-refractivity contribution in [1.82, 2.24) is 9.80 Å². The minimum Gasteiger partial charge on any atom is -0.368 e. The number of fused-ring (bicyclic) bond motifs is 1. The molecule has 0 saturated carbocycles. The molecule has 1 unspecified atom stereocenters. The normalized spacial score (nSPS) is 18.1. The summed E-state index contributed by atoms with van der Waals surface area (Å²) in [5.41, 5.74) is 1.69. The summed E-state index contributed by atoms with van der Waals surface area (Å²) < 4.78 is 14.6. The SMILES string of the molecule is O=C1c2ccccc2C(=O)N1CCC(F)CN1CCN(c2cccc(Cl)c2Cl)CC1. The minimum atomic E-state index is -1.12. The highest BCUT2D eigenvalue weighted by atomic mass is 35.5. The number of rotatable bonds is 6. The van der Waals surface area contributed by atoms with E-state index >= 15 is 0 Å². The lowest BCUT2D eigenvalue weighted by atomic mass is 10.1. The molecule has 1 saturated heterocycles. The third kappa shape index (κ3) is 4.17. The molecule has 8 heteroatoms. The van der Waals surface area contributed by atoms with Crippen LogP contribution in [0, 0.1) is 0 Å². The van der Waals surface area contributed by atoms with E-state index in [-0.39, 0.29) is 31.3 Å². The van der Waals surface area contributed by atoms with Gasteiger partial charge in [0.2, 0.25) is 0 Å². The van der Waals surface area contributed by atoms with Crippen LogP contribution in [0.25, 0.3) is 0 Å². The van der Waals surface area contributed by atoms with Crippen molar-refractivity contribution >= 4 is 40.7 Å². The van der Waals surface area contributed by atoms with Crippen molar-refractivity contribution in [2.45, 2.75) is 12.6 Å². The number of imide groups is 1. The van der Waals surface area contributed by atoms with Crippen molar-refractivity contribution < 1.29 is 14.0 Å². The maximum atomic E-state index is 14.6. The Bertz CT molecular complexity index is 928. The molecule has 2 heterocycles. The van der Waals surface area contributed by atoms with Gasteiger partial charge in [-0.15, -0.1) is 0 Å². The fourth-order valence-electron chi connectivity index (χ4n) is 3.99. The first-order valence-corrected chi connectivity index (χ1v) is 10.7. The van der Waals surface area contributed by atoms with Crippen molar-refractivity contribution in [2.24, 2.45) is 0 Å². The second-order valence-corrected chi connectivity index (χ2v) is 8.34. The molecule has 0 spiro atoms. The van der Waals surface area contributed by atoms with Gasteiger partial charge in [-0.1, -0.05) is 41.4 Å². The van der Waals surface area contributed by atoms with Crippen molar-refractivity contribution in [3.8, 4) is 0 Å². The van der Waals surface area contributed by atoms with Crippen LogP contribution in [0.3, 0.4) is 0 Å². The number of carbonyl (C=O) groups is 2. The lowest BCUT2D eigenvalue weighted by molar-refractivity contribution is 0.0635. The van der Waals surface area contributed by atoms with E-state index < -0.39 is 6.17 Å². The number of anilines is 1. The fourth-order valence-corrected chi connectivity index (χ4v) is 4.41. The van der Waals surface area contributed by atoms with E-state index in [1.54, 1.807) is 30.3 Å². The van der Waals surface area contributed by atoms with E-state index in [1.165, 1.54) is 0 Å². The van der Waals surface area contributed by atoms with Crippen LogP contribution < -0.4 is 4.90 Å². The second kappa shape index (κ2) is 8.92. The van der Waals surface area contributed by atoms with Crippen LogP contribution in [-0.4, -0.2) is 67.1 Å². The standard InChI is InChI=1S/C22H22Cl2FN3O2/c23-18-6-3-7-19(20(18)24)27-12-10-26(11-13-27)14-15(25)8-9-28-21(29)16-4-1-2-5-17(16)22(28)30/h1-7,15H,8-14H2. The smallest absolute Gasteiger partial charge is 0.261 e. The van der Waals surface area contributed by atoms with Gasteiger partial charge in [-0.25, -0.2) is 4.39 Å². The molecule has 0 bridgehead atoms. The van der Waals surface area contributed by atoms with Gasteiger partial charge >= 0.3 is 0 Å². The Morgan fingerprint density at radius 2 is 1.53 bits per heavy atom. The predicted octanol–water partition coefficient (Wildman–Crippen LogP) is 4.14. The van der Waals surface area contributed by atoms with Gasteiger partial charge in [-0.2, -0.15) is 0 Å². The molecular weight excluding hydrogens is 428 g/mol. The molecule has 4 rings (SSSR count). The Labute approximate surface area is 185 Å². The molecule has 1 fully saturated rings. The van der Waals surface area contributed by atoms with E-state index in [0.29, 0.717) is 34.3 Å². The predicted molar refractivity (Wildman–Crippen MR) is 116 cm³/mol. The third-order valence-corrected chi connectivity index (χ3v) is 6.45. The molecule has 0 aliphatic carbocycles. The molecule has 2 aromatic rings. The topological polar surface area (TPSA) is 43.9 Å². The number of hydrogen-bond acceptors (Lipinski definition) is 4. The summed E-state index contributed by atoms with van der Waals surface area (Å²) in [6.45, 7) is 3.23. The number of piperazine rings is 1. The van der Waals surface area contributed by atoms with Crippen molar-refractivity contribution in [3.63, 3.8) is 0 Å². The number of nitrogens with zero attached hydrogens (tertiary/aromatic N) is 3. The monoisotopic (exact) mass is 449 g/mol. The van der Waals surface area contributed by atoms with E-state index in [0.717, 1.165) is 23.7 Å². The summed E-state index contributed by atoms with van der Waals surface area (Å²) in [5.74, 6) is -0.676. The van der Waals surface area contributed by atoms with Crippen molar-refractivity contribution in [3.05, 3.63) is 63.6 Å². The van der Waals surface area contributed by atoms with Crippen LogP contribution in [0.15, 0.2) is 42.5 Å². The maximum Gasteiger partial charge on any atom is 0.261 e. The molecule has 0 aromatic heterocycles. The van der Waals surface area contributed by atoms with Gasteiger partial charge < -0.3 is 4.90 Å². The number of benzene rings is 2. The molecule has 0 radical (unpaired) electrons. The Balaban J connectivity index is 1.26. The van der Waals surface area contributed by atoms with Gasteiger partial charge in [0.1, 0.15) is 6.17 Å². The van der Waals surface area contributed by atoms with E-state index in [2.05, 4.69) is 9.80 Å². The second-order valence-electron chi connectivity index (χ2n) is 7.55. The molecule has 2 aliphatic rings. The molecule has 158 valence electrons. The van der Waals surface area contributed by atoms with Crippen LogP contribution in [0.4, 0.5) is 10.1 Å². The summed E-state index contributed by atoms with van der Waals surface area (Å²) in [7, 11) is 0. The largest absolute Gasteiger partial charge is 0.368 e. The lowest BCUT2D eigenvalue weighted by Crippen LogP contribution is -2.48. The van der Waals surface area contributed by atoms with Crippen molar-refractivity contribution in [2.75, 3.05) is 44.2 Å². The average Bonchev–Trinajstić information content (AvgIpc) is 2.99. The zero-order valence-corrected chi connectivity index (χ0v) is 17.9. The number of hydrogen-bond donors (Lipinski definition) is 0. The summed E-state index contributed by atoms with van der Waals surface area (Å²) in [5, 5.41) is 1.06. The molecule has 30 heavy (non-hydrogen) atoms. The number of alkyl halides is 1. The molecule has 2 aromatic carbocycles. The van der Waals surface area contributed by atoms with Crippen molar-refractivity contribution in [1.29, 1.82) is 0 Å². The Morgan fingerprint density at radius 3 is 2.17 bits per heavy atom. The van der Waals surface area contributed by atoms with Crippen LogP contribution >= 0.6 is 23.2 Å². The number of halogens is 3. The molecule has 2 aliphatic heterocycles. The Morgan fingerprint density at radius 1 is 0.900 bits per heavy atom. The maximum absolute atomic E-state index is 14.6. The van der Waals surface area contributed by atoms with E-state index in [4.69, 9.17) is 23.2 Å².